The third-order valence-corrected chi connectivity index (χ3v) is 3.48. The van der Waals surface area contributed by atoms with Gasteiger partial charge in [0.15, 0.2) is 0 Å². The number of halogens is 1. The van der Waals surface area contributed by atoms with Crippen LogP contribution >= 0.6 is 15.9 Å². The van der Waals surface area contributed by atoms with Crippen molar-refractivity contribution in [2.24, 2.45) is 0 Å². The Bertz CT molecular complexity index is 652. The van der Waals surface area contributed by atoms with Crippen LogP contribution in [0.1, 0.15) is 6.42 Å². The van der Waals surface area contributed by atoms with Crippen LogP contribution in [-0.2, 0) is 4.79 Å². The van der Waals surface area contributed by atoms with E-state index in [9.17, 15) is 9.59 Å². The standard InChI is InChI=1S/C11H9BrN4O2/c12-8-4-7(3-6-5-13-15-10(6)8)16-2-1-9(17)14-11(16)18/h3-5H,1-2H2,(H,13,15)(H,14,17,18). The molecular weight excluding hydrogens is 300 g/mol. The molecule has 0 radical (unpaired) electrons. The van der Waals surface area contributed by atoms with E-state index in [0.29, 0.717) is 13.0 Å². The number of aromatic amines is 1. The van der Waals surface area contributed by atoms with Crippen molar-refractivity contribution in [1.82, 2.24) is 15.5 Å². The summed E-state index contributed by atoms with van der Waals surface area (Å²) in [6, 6.07) is 3.30. The fourth-order valence-electron chi connectivity index (χ4n) is 1.97. The Morgan fingerprint density at radius 2 is 2.17 bits per heavy atom. The SMILES string of the molecule is O=C1CCN(c2cc(Br)c3[nH]ncc3c2)C(=O)N1. The normalized spacial score (nSPS) is 16.2. The van der Waals surface area contributed by atoms with Gasteiger partial charge in [-0.1, -0.05) is 0 Å². The smallest absolute Gasteiger partial charge is 0.294 e. The van der Waals surface area contributed by atoms with Gasteiger partial charge in [-0.05, 0) is 28.1 Å². The van der Waals surface area contributed by atoms with Crippen LogP contribution < -0.4 is 10.2 Å². The van der Waals surface area contributed by atoms with Crippen molar-refractivity contribution >= 4 is 44.5 Å². The second kappa shape index (κ2) is 4.09. The number of amides is 3. The van der Waals surface area contributed by atoms with Crippen molar-refractivity contribution in [3.63, 3.8) is 0 Å². The number of H-pyrrole nitrogens is 1. The number of carbonyl (C=O) groups is 2. The second-order valence-corrected chi connectivity index (χ2v) is 4.87. The zero-order valence-corrected chi connectivity index (χ0v) is 10.8. The van der Waals surface area contributed by atoms with Crippen molar-refractivity contribution < 1.29 is 9.59 Å². The summed E-state index contributed by atoms with van der Waals surface area (Å²) in [5, 5.41) is 10.0. The van der Waals surface area contributed by atoms with Crippen LogP contribution in [0.15, 0.2) is 22.8 Å². The molecule has 3 amide bonds. The van der Waals surface area contributed by atoms with Gasteiger partial charge in [-0.2, -0.15) is 5.10 Å². The summed E-state index contributed by atoms with van der Waals surface area (Å²) in [6.07, 6.45) is 2.00. The Balaban J connectivity index is 2.03. The number of nitrogens with zero attached hydrogens (tertiary/aromatic N) is 2. The first kappa shape index (κ1) is 11.2. The number of benzene rings is 1. The van der Waals surface area contributed by atoms with E-state index in [1.165, 1.54) is 0 Å². The van der Waals surface area contributed by atoms with E-state index in [4.69, 9.17) is 0 Å². The zero-order valence-electron chi connectivity index (χ0n) is 9.24. The molecule has 0 atom stereocenters. The zero-order chi connectivity index (χ0) is 12.7. The lowest BCUT2D eigenvalue weighted by molar-refractivity contribution is -0.120. The second-order valence-electron chi connectivity index (χ2n) is 4.02. The minimum Gasteiger partial charge on any atom is -0.294 e. The van der Waals surface area contributed by atoms with Gasteiger partial charge in [0.05, 0.1) is 11.7 Å². The average Bonchev–Trinajstić information content (AvgIpc) is 2.77. The van der Waals surface area contributed by atoms with Crippen molar-refractivity contribution in [3.8, 4) is 0 Å². The largest absolute Gasteiger partial charge is 0.328 e. The quantitative estimate of drug-likeness (QED) is 0.843. The van der Waals surface area contributed by atoms with Crippen molar-refractivity contribution in [2.75, 3.05) is 11.4 Å². The van der Waals surface area contributed by atoms with Crippen LogP contribution in [0.3, 0.4) is 0 Å². The highest BCUT2D eigenvalue weighted by molar-refractivity contribution is 9.10. The molecule has 0 bridgehead atoms. The molecule has 6 nitrogen and oxygen atoms in total. The predicted octanol–water partition coefficient (Wildman–Crippen LogP) is 1.77. The highest BCUT2D eigenvalue weighted by atomic mass is 79.9. The van der Waals surface area contributed by atoms with E-state index >= 15 is 0 Å². The van der Waals surface area contributed by atoms with Gasteiger partial charge in [0, 0.05) is 28.5 Å². The van der Waals surface area contributed by atoms with Gasteiger partial charge in [-0.15, -0.1) is 0 Å². The molecule has 1 fully saturated rings. The van der Waals surface area contributed by atoms with Gasteiger partial charge in [-0.3, -0.25) is 20.1 Å². The summed E-state index contributed by atoms with van der Waals surface area (Å²) in [5.74, 6) is -0.236. The maximum atomic E-state index is 11.7. The van der Waals surface area contributed by atoms with Crippen LogP contribution in [0.4, 0.5) is 10.5 Å². The van der Waals surface area contributed by atoms with Crippen LogP contribution in [0, 0.1) is 0 Å². The molecule has 1 aliphatic rings. The minimum atomic E-state index is -0.388. The van der Waals surface area contributed by atoms with Gasteiger partial charge >= 0.3 is 6.03 Å². The molecule has 1 aromatic carbocycles. The molecule has 0 unspecified atom stereocenters. The van der Waals surface area contributed by atoms with Crippen molar-refractivity contribution in [2.45, 2.75) is 6.42 Å². The lowest BCUT2D eigenvalue weighted by Crippen LogP contribution is -2.49. The number of imide groups is 1. The highest BCUT2D eigenvalue weighted by Gasteiger charge is 2.24. The first-order chi connectivity index (χ1) is 8.65. The molecule has 3 rings (SSSR count). The van der Waals surface area contributed by atoms with E-state index < -0.39 is 0 Å². The van der Waals surface area contributed by atoms with E-state index in [2.05, 4.69) is 31.4 Å². The molecular formula is C11H9BrN4O2. The Morgan fingerprint density at radius 1 is 1.33 bits per heavy atom. The van der Waals surface area contributed by atoms with Crippen LogP contribution in [0.5, 0.6) is 0 Å². The van der Waals surface area contributed by atoms with Gasteiger partial charge in [0.1, 0.15) is 0 Å². The van der Waals surface area contributed by atoms with Gasteiger partial charge < -0.3 is 0 Å². The highest BCUT2D eigenvalue weighted by Crippen LogP contribution is 2.29. The Labute approximate surface area is 110 Å². The average molecular weight is 309 g/mol. The number of urea groups is 1. The predicted molar refractivity (Wildman–Crippen MR) is 69.3 cm³/mol. The molecule has 92 valence electrons. The Kier molecular flexibility index (Phi) is 2.55. The van der Waals surface area contributed by atoms with E-state index in [1.54, 1.807) is 11.1 Å². The molecule has 18 heavy (non-hydrogen) atoms. The van der Waals surface area contributed by atoms with Crippen LogP contribution in [0.2, 0.25) is 0 Å². The fraction of sp³-hybridized carbons (Fsp3) is 0.182. The molecule has 2 heterocycles. The third-order valence-electron chi connectivity index (χ3n) is 2.85. The van der Waals surface area contributed by atoms with Gasteiger partial charge in [0.2, 0.25) is 5.91 Å². The first-order valence-corrected chi connectivity index (χ1v) is 6.18. The number of hydrogen-bond acceptors (Lipinski definition) is 3. The molecule has 1 saturated heterocycles. The topological polar surface area (TPSA) is 78.1 Å². The van der Waals surface area contributed by atoms with Crippen molar-refractivity contribution in [3.05, 3.63) is 22.8 Å². The summed E-state index contributed by atoms with van der Waals surface area (Å²) >= 11 is 3.43. The first-order valence-electron chi connectivity index (χ1n) is 5.39. The third kappa shape index (κ3) is 1.76. The molecule has 1 aliphatic heterocycles. The van der Waals surface area contributed by atoms with Gasteiger partial charge in [-0.25, -0.2) is 4.79 Å². The minimum absolute atomic E-state index is 0.236. The number of fused-ring (bicyclic) bond motifs is 1. The maximum Gasteiger partial charge on any atom is 0.328 e. The Hall–Kier alpha value is -1.89. The summed E-state index contributed by atoms with van der Waals surface area (Å²) in [7, 11) is 0. The Morgan fingerprint density at radius 3 is 2.94 bits per heavy atom. The number of nitrogens with one attached hydrogen (secondary N) is 2. The summed E-state index contributed by atoms with van der Waals surface area (Å²) < 4.78 is 0.831. The number of hydrogen-bond donors (Lipinski definition) is 2. The number of aromatic nitrogens is 2. The number of rotatable bonds is 1. The maximum absolute atomic E-state index is 11.7. The monoisotopic (exact) mass is 308 g/mol. The summed E-state index contributed by atoms with van der Waals surface area (Å²) in [4.78, 5) is 24.4. The number of carbonyl (C=O) groups excluding carboxylic acids is 2. The van der Waals surface area contributed by atoms with Gasteiger partial charge in [0.25, 0.3) is 0 Å². The van der Waals surface area contributed by atoms with Crippen molar-refractivity contribution in [1.29, 1.82) is 0 Å². The molecule has 2 N–H and O–H groups in total. The van der Waals surface area contributed by atoms with Crippen LogP contribution in [-0.4, -0.2) is 28.7 Å². The molecule has 1 aromatic heterocycles. The summed E-state index contributed by atoms with van der Waals surface area (Å²) in [6.45, 7) is 0.389. The lowest BCUT2D eigenvalue weighted by Gasteiger charge is -2.26. The van der Waals surface area contributed by atoms with E-state index in [-0.39, 0.29) is 11.9 Å². The fourth-order valence-corrected chi connectivity index (χ4v) is 2.52. The number of anilines is 1. The lowest BCUT2D eigenvalue weighted by atomic mass is 10.2. The van der Waals surface area contributed by atoms with E-state index in [0.717, 1.165) is 21.1 Å². The molecule has 7 heteroatoms. The summed E-state index contributed by atoms with van der Waals surface area (Å²) in [5.41, 5.74) is 1.62. The van der Waals surface area contributed by atoms with Crippen LogP contribution in [0.25, 0.3) is 10.9 Å². The molecule has 2 aromatic rings. The van der Waals surface area contributed by atoms with E-state index in [1.807, 2.05) is 12.1 Å². The molecule has 0 spiro atoms. The molecule has 0 saturated carbocycles. The molecule has 0 aliphatic carbocycles.